The van der Waals surface area contributed by atoms with Crippen molar-refractivity contribution < 1.29 is 4.79 Å². The van der Waals surface area contributed by atoms with Gasteiger partial charge in [0.05, 0.1) is 0 Å². The van der Waals surface area contributed by atoms with Crippen LogP contribution in [0.4, 0.5) is 0 Å². The Morgan fingerprint density at radius 2 is 1.92 bits per heavy atom. The number of hydrogen-bond donors (Lipinski definition) is 1. The molecule has 0 saturated heterocycles. The van der Waals surface area contributed by atoms with E-state index in [1.807, 2.05) is 30.5 Å². The predicted octanol–water partition coefficient (Wildman–Crippen LogP) is 2.78. The summed E-state index contributed by atoms with van der Waals surface area (Å²) in [6.45, 7) is 7.10. The van der Waals surface area contributed by atoms with Gasteiger partial charge in [-0.25, -0.2) is 9.50 Å². The molecular formula is C19H23N5O. The minimum atomic E-state index is -0.0367. The number of carbonyl (C=O) groups is 1. The molecule has 0 aliphatic rings. The van der Waals surface area contributed by atoms with Crippen molar-refractivity contribution in [2.75, 3.05) is 6.54 Å². The molecule has 1 N–H and O–H groups in total. The summed E-state index contributed by atoms with van der Waals surface area (Å²) in [6.07, 6.45) is 6.87. The summed E-state index contributed by atoms with van der Waals surface area (Å²) in [4.78, 5) is 20.5. The molecule has 1 aromatic carbocycles. The van der Waals surface area contributed by atoms with Crippen molar-refractivity contribution in [1.82, 2.24) is 24.9 Å². The molecule has 2 heterocycles. The van der Waals surface area contributed by atoms with Gasteiger partial charge in [0.15, 0.2) is 0 Å². The maximum Gasteiger partial charge on any atom is 0.252 e. The maximum atomic E-state index is 12.2. The van der Waals surface area contributed by atoms with Gasteiger partial charge in [-0.2, -0.15) is 10.1 Å². The van der Waals surface area contributed by atoms with Crippen molar-refractivity contribution in [3.05, 3.63) is 59.7 Å². The molecule has 3 rings (SSSR count). The van der Waals surface area contributed by atoms with E-state index in [0.717, 1.165) is 18.4 Å². The first kappa shape index (κ1) is 17.1. The number of fused-ring (bicyclic) bond motifs is 1. The van der Waals surface area contributed by atoms with Crippen LogP contribution in [0.2, 0.25) is 0 Å². The zero-order valence-corrected chi connectivity index (χ0v) is 14.9. The van der Waals surface area contributed by atoms with E-state index in [1.54, 1.807) is 10.7 Å². The van der Waals surface area contributed by atoms with Gasteiger partial charge in [0.2, 0.25) is 0 Å². The normalized spacial score (nSPS) is 11.6. The van der Waals surface area contributed by atoms with Crippen molar-refractivity contribution in [3.63, 3.8) is 0 Å². The summed E-state index contributed by atoms with van der Waals surface area (Å²) in [6, 6.07) is 7.82. The fourth-order valence-electron chi connectivity index (χ4n) is 2.61. The third-order valence-electron chi connectivity index (χ3n) is 4.13. The Hall–Kier alpha value is -2.76. The molecule has 0 fully saturated rings. The van der Waals surface area contributed by atoms with Crippen LogP contribution in [0.25, 0.3) is 5.78 Å². The highest BCUT2D eigenvalue weighted by Crippen LogP contribution is 2.22. The maximum absolute atomic E-state index is 12.2. The average molecular weight is 337 g/mol. The van der Waals surface area contributed by atoms with Crippen LogP contribution in [-0.2, 0) is 11.8 Å². The van der Waals surface area contributed by atoms with E-state index in [2.05, 4.69) is 41.2 Å². The fraction of sp³-hybridized carbons (Fsp3) is 0.368. The highest BCUT2D eigenvalue weighted by atomic mass is 16.1. The van der Waals surface area contributed by atoms with Crippen LogP contribution in [0.5, 0.6) is 0 Å². The van der Waals surface area contributed by atoms with Crippen LogP contribution in [0.3, 0.4) is 0 Å². The number of hydrogen-bond acceptors (Lipinski definition) is 4. The van der Waals surface area contributed by atoms with Gasteiger partial charge in [0.25, 0.3) is 11.7 Å². The zero-order valence-electron chi connectivity index (χ0n) is 14.9. The Labute approximate surface area is 147 Å². The zero-order chi connectivity index (χ0) is 17.9. The molecule has 6 nitrogen and oxygen atoms in total. The van der Waals surface area contributed by atoms with Crippen LogP contribution < -0.4 is 5.32 Å². The average Bonchev–Trinajstić information content (AvgIpc) is 3.05. The molecule has 25 heavy (non-hydrogen) atoms. The summed E-state index contributed by atoms with van der Waals surface area (Å²) < 4.78 is 1.66. The second kappa shape index (κ2) is 7.01. The van der Waals surface area contributed by atoms with Gasteiger partial charge in [-0.15, -0.1) is 0 Å². The topological polar surface area (TPSA) is 72.2 Å². The number of amides is 1. The second-order valence-electron chi connectivity index (χ2n) is 7.15. The first-order chi connectivity index (χ1) is 11.9. The van der Waals surface area contributed by atoms with Gasteiger partial charge in [-0.1, -0.05) is 32.9 Å². The monoisotopic (exact) mass is 337 g/mol. The standard InChI is InChI=1S/C19H23N5O/c1-19(2,3)16-8-6-15(7-9-16)17(25)20-10-4-5-14-11-21-18-22-13-23-24(18)12-14/h6-9,11-13H,4-5,10H2,1-3H3,(H,20,25). The highest BCUT2D eigenvalue weighted by Gasteiger charge is 2.14. The van der Waals surface area contributed by atoms with E-state index in [-0.39, 0.29) is 11.3 Å². The molecule has 0 aliphatic carbocycles. The number of benzene rings is 1. The van der Waals surface area contributed by atoms with Gasteiger partial charge in [0.1, 0.15) is 6.33 Å². The molecule has 0 aliphatic heterocycles. The Morgan fingerprint density at radius 3 is 2.64 bits per heavy atom. The van der Waals surface area contributed by atoms with Gasteiger partial charge >= 0.3 is 0 Å². The molecule has 130 valence electrons. The predicted molar refractivity (Wildman–Crippen MR) is 96.6 cm³/mol. The summed E-state index contributed by atoms with van der Waals surface area (Å²) in [7, 11) is 0. The smallest absolute Gasteiger partial charge is 0.252 e. The minimum absolute atomic E-state index is 0.0367. The first-order valence-electron chi connectivity index (χ1n) is 8.46. The SMILES string of the molecule is CC(C)(C)c1ccc(C(=O)NCCCc2cnc3ncnn3c2)cc1. The van der Waals surface area contributed by atoms with E-state index in [4.69, 9.17) is 0 Å². The number of carbonyl (C=O) groups excluding carboxylic acids is 1. The Bertz CT molecular complexity index is 861. The number of aryl methyl sites for hydroxylation is 1. The van der Waals surface area contributed by atoms with Crippen LogP contribution >= 0.6 is 0 Å². The first-order valence-corrected chi connectivity index (χ1v) is 8.46. The third kappa shape index (κ3) is 4.21. The largest absolute Gasteiger partial charge is 0.352 e. The van der Waals surface area contributed by atoms with Crippen LogP contribution in [0, 0.1) is 0 Å². The molecule has 3 aromatic rings. The Balaban J connectivity index is 1.49. The van der Waals surface area contributed by atoms with Gasteiger partial charge in [-0.05, 0) is 41.5 Å². The molecule has 6 heteroatoms. The summed E-state index contributed by atoms with van der Waals surface area (Å²) in [5, 5.41) is 7.04. The van der Waals surface area contributed by atoms with Crippen molar-refractivity contribution >= 4 is 11.7 Å². The summed E-state index contributed by atoms with van der Waals surface area (Å²) in [5.41, 5.74) is 3.08. The van der Waals surface area contributed by atoms with E-state index < -0.39 is 0 Å². The minimum Gasteiger partial charge on any atom is -0.352 e. The van der Waals surface area contributed by atoms with Gasteiger partial charge < -0.3 is 5.32 Å². The summed E-state index contributed by atoms with van der Waals surface area (Å²) >= 11 is 0. The number of rotatable bonds is 5. The highest BCUT2D eigenvalue weighted by molar-refractivity contribution is 5.94. The van der Waals surface area contributed by atoms with Crippen LogP contribution in [0.15, 0.2) is 43.0 Å². The van der Waals surface area contributed by atoms with Gasteiger partial charge in [0, 0.05) is 24.5 Å². The third-order valence-corrected chi connectivity index (χ3v) is 4.13. The number of aromatic nitrogens is 4. The molecule has 0 radical (unpaired) electrons. The molecule has 0 spiro atoms. The lowest BCUT2D eigenvalue weighted by Gasteiger charge is -2.19. The number of nitrogens with one attached hydrogen (secondary N) is 1. The van der Waals surface area contributed by atoms with E-state index in [1.165, 1.54) is 11.9 Å². The van der Waals surface area contributed by atoms with Crippen LogP contribution in [-0.4, -0.2) is 32.0 Å². The van der Waals surface area contributed by atoms with Crippen molar-refractivity contribution in [3.8, 4) is 0 Å². The quantitative estimate of drug-likeness (QED) is 0.727. The van der Waals surface area contributed by atoms with Crippen molar-refractivity contribution in [1.29, 1.82) is 0 Å². The molecule has 0 atom stereocenters. The molecule has 1 amide bonds. The lowest BCUT2D eigenvalue weighted by atomic mass is 9.87. The van der Waals surface area contributed by atoms with Gasteiger partial charge in [-0.3, -0.25) is 4.79 Å². The molecule has 0 saturated carbocycles. The van der Waals surface area contributed by atoms with Crippen molar-refractivity contribution in [2.24, 2.45) is 0 Å². The van der Waals surface area contributed by atoms with Crippen molar-refractivity contribution in [2.45, 2.75) is 39.0 Å². The fourth-order valence-corrected chi connectivity index (χ4v) is 2.61. The Morgan fingerprint density at radius 1 is 1.16 bits per heavy atom. The van der Waals surface area contributed by atoms with Crippen LogP contribution in [0.1, 0.15) is 48.7 Å². The second-order valence-corrected chi connectivity index (χ2v) is 7.15. The van der Waals surface area contributed by atoms with E-state index in [0.29, 0.717) is 17.9 Å². The van der Waals surface area contributed by atoms with E-state index >= 15 is 0 Å². The summed E-state index contributed by atoms with van der Waals surface area (Å²) in [5.74, 6) is 0.557. The molecule has 2 aromatic heterocycles. The lowest BCUT2D eigenvalue weighted by molar-refractivity contribution is 0.0953. The number of nitrogens with zero attached hydrogens (tertiary/aromatic N) is 4. The lowest BCUT2D eigenvalue weighted by Crippen LogP contribution is -2.25. The Kier molecular flexibility index (Phi) is 4.79. The molecule has 0 bridgehead atoms. The molecular weight excluding hydrogens is 314 g/mol. The van der Waals surface area contributed by atoms with E-state index in [9.17, 15) is 4.79 Å². The molecule has 0 unspecified atom stereocenters.